The molecule has 1 N–H and O–H groups in total. The lowest BCUT2D eigenvalue weighted by atomic mass is 9.86. The van der Waals surface area contributed by atoms with Gasteiger partial charge in [0.05, 0.1) is 6.54 Å². The fourth-order valence-corrected chi connectivity index (χ4v) is 1.89. The lowest BCUT2D eigenvalue weighted by Gasteiger charge is -2.27. The van der Waals surface area contributed by atoms with Crippen LogP contribution in [0.4, 0.5) is 0 Å². The van der Waals surface area contributed by atoms with Gasteiger partial charge in [0.15, 0.2) is 5.96 Å². The zero-order valence-electron chi connectivity index (χ0n) is 10.8. The maximum absolute atomic E-state index is 4.43. The van der Waals surface area contributed by atoms with E-state index in [9.17, 15) is 0 Å². The van der Waals surface area contributed by atoms with E-state index in [1.807, 2.05) is 18.5 Å². The number of rotatable bonds is 3. The van der Waals surface area contributed by atoms with E-state index in [1.54, 1.807) is 0 Å². The van der Waals surface area contributed by atoms with Gasteiger partial charge < -0.3 is 10.2 Å². The van der Waals surface area contributed by atoms with E-state index in [4.69, 9.17) is 0 Å². The van der Waals surface area contributed by atoms with Crippen LogP contribution in [0.2, 0.25) is 0 Å². The number of hydrogen-bond donors (Lipinski definition) is 1. The quantitative estimate of drug-likeness (QED) is 0.852. The molecule has 0 bridgehead atoms. The van der Waals surface area contributed by atoms with Crippen LogP contribution < -0.4 is 5.32 Å². The van der Waals surface area contributed by atoms with Crippen molar-refractivity contribution in [3.05, 3.63) is 30.1 Å². The highest BCUT2D eigenvalue weighted by atomic mass is 15.3. The molecule has 92 valence electrons. The van der Waals surface area contributed by atoms with Crippen LogP contribution >= 0.6 is 0 Å². The lowest BCUT2D eigenvalue weighted by molar-refractivity contribution is 0.479. The summed E-state index contributed by atoms with van der Waals surface area (Å²) in [5, 5.41) is 3.42. The molecule has 0 aromatic carbocycles. The number of likely N-dealkylation sites (N-methyl/N-ethyl adjacent to an activating group) is 1. The second-order valence-electron chi connectivity index (χ2n) is 5.11. The van der Waals surface area contributed by atoms with E-state index in [0.717, 1.165) is 25.6 Å². The number of aliphatic imine (C=N–C) groups is 1. The lowest BCUT2D eigenvalue weighted by Crippen LogP contribution is -2.42. The van der Waals surface area contributed by atoms with Crippen LogP contribution in [0.3, 0.4) is 0 Å². The molecule has 1 aliphatic rings. The average molecular weight is 232 g/mol. The molecule has 2 heterocycles. The molecule has 0 saturated heterocycles. The summed E-state index contributed by atoms with van der Waals surface area (Å²) in [6.45, 7) is 7.20. The molecule has 0 fully saturated rings. The summed E-state index contributed by atoms with van der Waals surface area (Å²) < 4.78 is 0. The van der Waals surface area contributed by atoms with E-state index < -0.39 is 0 Å². The first-order valence-corrected chi connectivity index (χ1v) is 5.99. The van der Waals surface area contributed by atoms with Crippen molar-refractivity contribution in [3.63, 3.8) is 0 Å². The Morgan fingerprint density at radius 2 is 2.29 bits per heavy atom. The molecule has 0 atom stereocenters. The zero-order chi connectivity index (χ0) is 12.3. The number of pyridine rings is 1. The Kier molecular flexibility index (Phi) is 3.31. The van der Waals surface area contributed by atoms with Crippen molar-refractivity contribution >= 4 is 5.96 Å². The Balaban J connectivity index is 1.98. The minimum Gasteiger partial charge on any atom is -0.355 e. The Labute approximate surface area is 103 Å². The highest BCUT2D eigenvalue weighted by Gasteiger charge is 2.22. The topological polar surface area (TPSA) is 40.5 Å². The van der Waals surface area contributed by atoms with Gasteiger partial charge in [0.25, 0.3) is 0 Å². The highest BCUT2D eigenvalue weighted by molar-refractivity contribution is 5.81. The maximum atomic E-state index is 4.43. The van der Waals surface area contributed by atoms with Gasteiger partial charge in [-0.3, -0.25) is 9.98 Å². The van der Waals surface area contributed by atoms with Crippen molar-refractivity contribution in [2.45, 2.75) is 19.3 Å². The SMILES string of the molecule is CN1CCN=C1NCC(C)(C)c1cccnc1. The average Bonchev–Trinajstić information content (AvgIpc) is 2.74. The van der Waals surface area contributed by atoms with Crippen LogP contribution in [0.5, 0.6) is 0 Å². The molecule has 0 saturated carbocycles. The van der Waals surface area contributed by atoms with Gasteiger partial charge in [-0.2, -0.15) is 0 Å². The summed E-state index contributed by atoms with van der Waals surface area (Å²) >= 11 is 0. The van der Waals surface area contributed by atoms with Gasteiger partial charge in [-0.1, -0.05) is 19.9 Å². The molecule has 2 rings (SSSR count). The van der Waals surface area contributed by atoms with Crippen molar-refractivity contribution in [3.8, 4) is 0 Å². The van der Waals surface area contributed by atoms with Crippen molar-refractivity contribution in [2.24, 2.45) is 4.99 Å². The Hall–Kier alpha value is -1.58. The number of hydrogen-bond acceptors (Lipinski definition) is 4. The summed E-state index contributed by atoms with van der Waals surface area (Å²) in [6, 6.07) is 4.10. The van der Waals surface area contributed by atoms with Crippen LogP contribution in [0.25, 0.3) is 0 Å². The van der Waals surface area contributed by atoms with E-state index in [0.29, 0.717) is 0 Å². The minimum atomic E-state index is 0.0558. The van der Waals surface area contributed by atoms with E-state index in [2.05, 4.69) is 47.2 Å². The third-order valence-electron chi connectivity index (χ3n) is 3.19. The molecule has 0 amide bonds. The molecular weight excluding hydrogens is 212 g/mol. The third kappa shape index (κ3) is 2.75. The molecule has 0 spiro atoms. The van der Waals surface area contributed by atoms with Crippen LogP contribution in [-0.4, -0.2) is 42.5 Å². The van der Waals surface area contributed by atoms with Crippen molar-refractivity contribution in [2.75, 3.05) is 26.7 Å². The van der Waals surface area contributed by atoms with Crippen molar-refractivity contribution in [1.82, 2.24) is 15.2 Å². The van der Waals surface area contributed by atoms with Crippen LogP contribution in [0.1, 0.15) is 19.4 Å². The normalized spacial score (nSPS) is 15.9. The largest absolute Gasteiger partial charge is 0.355 e. The van der Waals surface area contributed by atoms with Gasteiger partial charge in [-0.25, -0.2) is 0 Å². The minimum absolute atomic E-state index is 0.0558. The number of aromatic nitrogens is 1. The highest BCUT2D eigenvalue weighted by Crippen LogP contribution is 2.21. The molecular formula is C13H20N4. The van der Waals surface area contributed by atoms with Gasteiger partial charge >= 0.3 is 0 Å². The second kappa shape index (κ2) is 4.73. The first kappa shape index (κ1) is 11.9. The molecule has 1 aromatic heterocycles. The fourth-order valence-electron chi connectivity index (χ4n) is 1.89. The predicted octanol–water partition coefficient (Wildman–Crippen LogP) is 1.25. The molecule has 0 unspecified atom stereocenters. The standard InChI is InChI=1S/C13H20N4/c1-13(2,11-5-4-6-14-9-11)10-16-12-15-7-8-17(12)3/h4-6,9H,7-8,10H2,1-3H3,(H,15,16). The molecule has 0 radical (unpaired) electrons. The first-order valence-electron chi connectivity index (χ1n) is 5.99. The van der Waals surface area contributed by atoms with Gasteiger partial charge in [0.1, 0.15) is 0 Å². The summed E-state index contributed by atoms with van der Waals surface area (Å²) in [5.41, 5.74) is 1.30. The van der Waals surface area contributed by atoms with Gasteiger partial charge in [0, 0.05) is 37.9 Å². The van der Waals surface area contributed by atoms with Gasteiger partial charge in [-0.05, 0) is 11.6 Å². The van der Waals surface area contributed by atoms with E-state index >= 15 is 0 Å². The molecule has 1 aromatic rings. The number of nitrogens with one attached hydrogen (secondary N) is 1. The zero-order valence-corrected chi connectivity index (χ0v) is 10.8. The van der Waals surface area contributed by atoms with E-state index in [1.165, 1.54) is 5.56 Å². The van der Waals surface area contributed by atoms with Crippen LogP contribution in [0.15, 0.2) is 29.5 Å². The van der Waals surface area contributed by atoms with Crippen molar-refractivity contribution < 1.29 is 0 Å². The number of nitrogens with zero attached hydrogens (tertiary/aromatic N) is 3. The Morgan fingerprint density at radius 1 is 1.47 bits per heavy atom. The maximum Gasteiger partial charge on any atom is 0.193 e. The fraction of sp³-hybridized carbons (Fsp3) is 0.538. The van der Waals surface area contributed by atoms with Gasteiger partial charge in [0.2, 0.25) is 0 Å². The summed E-state index contributed by atoms with van der Waals surface area (Å²) in [5.74, 6) is 1.00. The predicted molar refractivity (Wildman–Crippen MR) is 70.2 cm³/mol. The summed E-state index contributed by atoms with van der Waals surface area (Å²) in [7, 11) is 2.07. The monoisotopic (exact) mass is 232 g/mol. The smallest absolute Gasteiger partial charge is 0.193 e. The first-order chi connectivity index (χ1) is 8.09. The van der Waals surface area contributed by atoms with Gasteiger partial charge in [-0.15, -0.1) is 0 Å². The molecule has 0 aliphatic carbocycles. The van der Waals surface area contributed by atoms with Crippen LogP contribution in [-0.2, 0) is 5.41 Å². The molecule has 1 aliphatic heterocycles. The number of guanidine groups is 1. The third-order valence-corrected chi connectivity index (χ3v) is 3.19. The van der Waals surface area contributed by atoms with Crippen molar-refractivity contribution in [1.29, 1.82) is 0 Å². The molecule has 17 heavy (non-hydrogen) atoms. The Morgan fingerprint density at radius 3 is 2.88 bits per heavy atom. The second-order valence-corrected chi connectivity index (χ2v) is 5.11. The summed E-state index contributed by atoms with van der Waals surface area (Å²) in [6.07, 6.45) is 3.74. The molecule has 4 nitrogen and oxygen atoms in total. The van der Waals surface area contributed by atoms with E-state index in [-0.39, 0.29) is 5.41 Å². The molecule has 4 heteroatoms. The van der Waals surface area contributed by atoms with Crippen LogP contribution in [0, 0.1) is 0 Å². The Bertz CT molecular complexity index is 397. The summed E-state index contributed by atoms with van der Waals surface area (Å²) in [4.78, 5) is 10.8.